The number of aromatic nitrogens is 2. The van der Waals surface area contributed by atoms with Gasteiger partial charge in [0.25, 0.3) is 5.91 Å². The molecule has 0 atom stereocenters. The molecule has 0 saturated carbocycles. The van der Waals surface area contributed by atoms with Crippen molar-refractivity contribution in [2.75, 3.05) is 26.2 Å². The second-order valence-electron chi connectivity index (χ2n) is 7.23. The zero-order valence-corrected chi connectivity index (χ0v) is 18.8. The van der Waals surface area contributed by atoms with Crippen LogP contribution in [-0.4, -0.2) is 36.6 Å². The molecule has 0 fully saturated rings. The third-order valence-corrected chi connectivity index (χ3v) is 5.25. The summed E-state index contributed by atoms with van der Waals surface area (Å²) in [6.07, 6.45) is 7.01. The van der Waals surface area contributed by atoms with Gasteiger partial charge in [-0.25, -0.2) is 4.98 Å². The molecule has 4 rings (SSSR count). The van der Waals surface area contributed by atoms with Crippen molar-refractivity contribution in [1.29, 1.82) is 0 Å². The van der Waals surface area contributed by atoms with Gasteiger partial charge in [0, 0.05) is 18.0 Å². The predicted molar refractivity (Wildman–Crippen MR) is 128 cm³/mol. The minimum atomic E-state index is -0.166. The van der Waals surface area contributed by atoms with E-state index in [-0.39, 0.29) is 5.91 Å². The number of carbonyl (C=O) groups excluding carboxylic acids is 1. The number of carbonyl (C=O) groups is 1. The molecular weight excluding hydrogens is 418 g/mol. The molecule has 7 nitrogen and oxygen atoms in total. The number of ether oxygens (including phenoxy) is 3. The van der Waals surface area contributed by atoms with Crippen LogP contribution in [0.3, 0.4) is 0 Å². The zero-order valence-electron chi connectivity index (χ0n) is 18.8. The van der Waals surface area contributed by atoms with Gasteiger partial charge in [0.1, 0.15) is 5.65 Å². The van der Waals surface area contributed by atoms with Gasteiger partial charge in [-0.1, -0.05) is 24.3 Å². The van der Waals surface area contributed by atoms with Crippen molar-refractivity contribution in [3.8, 4) is 17.2 Å². The highest BCUT2D eigenvalue weighted by Crippen LogP contribution is 2.38. The van der Waals surface area contributed by atoms with E-state index in [4.69, 9.17) is 14.2 Å². The first-order chi connectivity index (χ1) is 16.1. The standard InChI is InChI=1S/C26H25N3O4/c1-31-22-15-19(16-23(32-2)26(22)33-3)12-13-25(30)29(20-9-5-4-6-10-20)18-21-17-27-24-11-7-8-14-28(21)24/h4-17H,18H2,1-3H3/b13-12+. The summed E-state index contributed by atoms with van der Waals surface area (Å²) < 4.78 is 18.2. The monoisotopic (exact) mass is 443 g/mol. The Hall–Kier alpha value is -4.26. The number of hydrogen-bond acceptors (Lipinski definition) is 5. The Morgan fingerprint density at radius 2 is 1.67 bits per heavy atom. The lowest BCUT2D eigenvalue weighted by Gasteiger charge is -2.21. The molecular formula is C26H25N3O4. The van der Waals surface area contributed by atoms with E-state index in [1.807, 2.05) is 59.1 Å². The molecule has 0 bridgehead atoms. The highest BCUT2D eigenvalue weighted by molar-refractivity contribution is 6.03. The number of nitrogens with zero attached hydrogens (tertiary/aromatic N) is 3. The second-order valence-corrected chi connectivity index (χ2v) is 7.23. The summed E-state index contributed by atoms with van der Waals surface area (Å²) in [6.45, 7) is 0.369. The number of para-hydroxylation sites is 1. The number of fused-ring (bicyclic) bond motifs is 1. The van der Waals surface area contributed by atoms with Crippen LogP contribution in [0.4, 0.5) is 5.69 Å². The molecule has 2 aromatic heterocycles. The molecule has 0 aliphatic rings. The van der Waals surface area contributed by atoms with Crippen molar-refractivity contribution in [2.24, 2.45) is 0 Å². The number of amides is 1. The first kappa shape index (κ1) is 22.0. The number of methoxy groups -OCH3 is 3. The van der Waals surface area contributed by atoms with Crippen LogP contribution in [0.2, 0.25) is 0 Å². The third kappa shape index (κ3) is 4.67. The summed E-state index contributed by atoms with van der Waals surface area (Å²) in [6, 6.07) is 19.0. The maximum Gasteiger partial charge on any atom is 0.251 e. The maximum atomic E-state index is 13.3. The largest absolute Gasteiger partial charge is 0.493 e. The van der Waals surface area contributed by atoms with E-state index in [2.05, 4.69) is 4.98 Å². The summed E-state index contributed by atoms with van der Waals surface area (Å²) in [7, 11) is 4.67. The second kappa shape index (κ2) is 9.91. The Balaban J connectivity index is 1.65. The Kier molecular flexibility index (Phi) is 6.59. The summed E-state index contributed by atoms with van der Waals surface area (Å²) in [5, 5.41) is 0. The average Bonchev–Trinajstić information content (AvgIpc) is 3.28. The Labute approximate surface area is 192 Å². The highest BCUT2D eigenvalue weighted by Gasteiger charge is 2.17. The third-order valence-electron chi connectivity index (χ3n) is 5.25. The van der Waals surface area contributed by atoms with Gasteiger partial charge < -0.3 is 23.5 Å². The van der Waals surface area contributed by atoms with Gasteiger partial charge in [0.15, 0.2) is 11.5 Å². The molecule has 2 aromatic carbocycles. The number of benzene rings is 2. The highest BCUT2D eigenvalue weighted by atomic mass is 16.5. The minimum absolute atomic E-state index is 0.166. The van der Waals surface area contributed by atoms with E-state index in [9.17, 15) is 4.79 Å². The smallest absolute Gasteiger partial charge is 0.251 e. The van der Waals surface area contributed by atoms with Crippen LogP contribution >= 0.6 is 0 Å². The van der Waals surface area contributed by atoms with E-state index < -0.39 is 0 Å². The number of pyridine rings is 1. The molecule has 0 aliphatic carbocycles. The molecule has 0 spiro atoms. The molecule has 7 heteroatoms. The van der Waals surface area contributed by atoms with Crippen LogP contribution in [0.1, 0.15) is 11.3 Å². The molecule has 0 saturated heterocycles. The number of hydrogen-bond donors (Lipinski definition) is 0. The molecule has 0 N–H and O–H groups in total. The first-order valence-corrected chi connectivity index (χ1v) is 10.4. The average molecular weight is 444 g/mol. The Morgan fingerprint density at radius 3 is 2.33 bits per heavy atom. The van der Waals surface area contributed by atoms with Gasteiger partial charge in [-0.15, -0.1) is 0 Å². The van der Waals surface area contributed by atoms with Crippen LogP contribution in [0.5, 0.6) is 17.2 Å². The molecule has 168 valence electrons. The quantitative estimate of drug-likeness (QED) is 0.372. The lowest BCUT2D eigenvalue weighted by Crippen LogP contribution is -2.29. The van der Waals surface area contributed by atoms with Crippen LogP contribution in [0.25, 0.3) is 11.7 Å². The van der Waals surface area contributed by atoms with Gasteiger partial charge >= 0.3 is 0 Å². The molecule has 33 heavy (non-hydrogen) atoms. The summed E-state index contributed by atoms with van der Waals surface area (Å²) in [4.78, 5) is 19.5. The van der Waals surface area contributed by atoms with Gasteiger partial charge in [-0.05, 0) is 48.0 Å². The lowest BCUT2D eigenvalue weighted by atomic mass is 10.1. The topological polar surface area (TPSA) is 65.3 Å². The minimum Gasteiger partial charge on any atom is -0.493 e. The van der Waals surface area contributed by atoms with Crippen molar-refractivity contribution >= 4 is 23.3 Å². The van der Waals surface area contributed by atoms with Gasteiger partial charge in [-0.3, -0.25) is 4.79 Å². The Bertz CT molecular complexity index is 1260. The van der Waals surface area contributed by atoms with Gasteiger partial charge in [0.05, 0.1) is 39.8 Å². The maximum absolute atomic E-state index is 13.3. The van der Waals surface area contributed by atoms with Crippen molar-refractivity contribution < 1.29 is 19.0 Å². The van der Waals surface area contributed by atoms with E-state index in [0.29, 0.717) is 23.8 Å². The fourth-order valence-corrected chi connectivity index (χ4v) is 3.62. The van der Waals surface area contributed by atoms with Gasteiger partial charge in [0.2, 0.25) is 5.75 Å². The number of imidazole rings is 1. The van der Waals surface area contributed by atoms with E-state index in [1.54, 1.807) is 50.6 Å². The zero-order chi connectivity index (χ0) is 23.2. The lowest BCUT2D eigenvalue weighted by molar-refractivity contribution is -0.114. The van der Waals surface area contributed by atoms with E-state index >= 15 is 0 Å². The normalized spacial score (nSPS) is 11.0. The van der Waals surface area contributed by atoms with Crippen LogP contribution < -0.4 is 19.1 Å². The summed E-state index contributed by atoms with van der Waals surface area (Å²) in [5.74, 6) is 1.38. The predicted octanol–water partition coefficient (Wildman–Crippen LogP) is 4.61. The first-order valence-electron chi connectivity index (χ1n) is 10.4. The van der Waals surface area contributed by atoms with Crippen molar-refractivity contribution in [1.82, 2.24) is 9.38 Å². The molecule has 0 aliphatic heterocycles. The summed E-state index contributed by atoms with van der Waals surface area (Å²) >= 11 is 0. The van der Waals surface area contributed by atoms with Crippen LogP contribution in [0.15, 0.2) is 79.1 Å². The molecule has 4 aromatic rings. The van der Waals surface area contributed by atoms with Crippen molar-refractivity contribution in [2.45, 2.75) is 6.54 Å². The molecule has 0 radical (unpaired) electrons. The van der Waals surface area contributed by atoms with E-state index in [1.165, 1.54) is 6.08 Å². The summed E-state index contributed by atoms with van der Waals surface area (Å²) in [5.41, 5.74) is 3.29. The van der Waals surface area contributed by atoms with Crippen LogP contribution in [0, 0.1) is 0 Å². The fourth-order valence-electron chi connectivity index (χ4n) is 3.62. The Morgan fingerprint density at radius 1 is 0.970 bits per heavy atom. The molecule has 1 amide bonds. The number of rotatable bonds is 8. The van der Waals surface area contributed by atoms with E-state index in [0.717, 1.165) is 22.6 Å². The SMILES string of the molecule is COc1cc(/C=C/C(=O)N(Cc2cnc3ccccn23)c2ccccc2)cc(OC)c1OC. The molecule has 0 unspecified atom stereocenters. The van der Waals surface area contributed by atoms with Crippen molar-refractivity contribution in [3.63, 3.8) is 0 Å². The molecule has 2 heterocycles. The fraction of sp³-hybridized carbons (Fsp3) is 0.154. The van der Waals surface area contributed by atoms with Gasteiger partial charge in [-0.2, -0.15) is 0 Å². The van der Waals surface area contributed by atoms with Crippen LogP contribution in [-0.2, 0) is 11.3 Å². The number of anilines is 1. The van der Waals surface area contributed by atoms with Crippen molar-refractivity contribution in [3.05, 3.63) is 90.4 Å².